The summed E-state index contributed by atoms with van der Waals surface area (Å²) in [6.45, 7) is 1.38. The van der Waals surface area contributed by atoms with Gasteiger partial charge in [-0.25, -0.2) is 4.98 Å². The first kappa shape index (κ1) is 9.15. The standard InChI is InChI=1S/C12H12N4/c1-2-6-11-10(5-1)15-12-14-8-4-3-7-13-9-16(11)12/h1-7H,8-9H2,(H,14,15). The monoisotopic (exact) mass is 212 g/mol. The smallest absolute Gasteiger partial charge is 0.205 e. The number of fused-ring (bicyclic) bond motifs is 3. The molecule has 16 heavy (non-hydrogen) atoms. The first-order valence-corrected chi connectivity index (χ1v) is 5.29. The third-order valence-electron chi connectivity index (χ3n) is 2.58. The summed E-state index contributed by atoms with van der Waals surface area (Å²) in [7, 11) is 0. The van der Waals surface area contributed by atoms with Gasteiger partial charge in [0.1, 0.15) is 6.67 Å². The minimum absolute atomic E-state index is 0.604. The van der Waals surface area contributed by atoms with Crippen LogP contribution in [-0.4, -0.2) is 22.3 Å². The van der Waals surface area contributed by atoms with E-state index in [4.69, 9.17) is 0 Å². The summed E-state index contributed by atoms with van der Waals surface area (Å²) in [6, 6.07) is 8.10. The lowest BCUT2D eigenvalue weighted by molar-refractivity contribution is 0.767. The fraction of sp³-hybridized carbons (Fsp3) is 0.167. The number of anilines is 1. The number of rotatable bonds is 0. The molecule has 3 rings (SSSR count). The number of hydrogen-bond donors (Lipinski definition) is 1. The Bertz CT molecular complexity index is 565. The third kappa shape index (κ3) is 1.48. The summed E-state index contributed by atoms with van der Waals surface area (Å²) >= 11 is 0. The molecule has 0 bridgehead atoms. The molecule has 0 radical (unpaired) electrons. The van der Waals surface area contributed by atoms with E-state index in [0.29, 0.717) is 6.67 Å². The van der Waals surface area contributed by atoms with Crippen molar-refractivity contribution in [1.82, 2.24) is 9.55 Å². The van der Waals surface area contributed by atoms with Gasteiger partial charge in [-0.3, -0.25) is 9.56 Å². The van der Waals surface area contributed by atoms with E-state index in [2.05, 4.69) is 25.9 Å². The normalized spacial score (nSPS) is 15.0. The summed E-state index contributed by atoms with van der Waals surface area (Å²) in [4.78, 5) is 8.87. The van der Waals surface area contributed by atoms with Crippen LogP contribution >= 0.6 is 0 Å². The average Bonchev–Trinajstić information content (AvgIpc) is 2.69. The molecule has 4 nitrogen and oxygen atoms in total. The first-order valence-electron chi connectivity index (χ1n) is 5.29. The van der Waals surface area contributed by atoms with Crippen LogP contribution in [0.5, 0.6) is 0 Å². The maximum Gasteiger partial charge on any atom is 0.205 e. The van der Waals surface area contributed by atoms with E-state index < -0.39 is 0 Å². The van der Waals surface area contributed by atoms with E-state index in [1.807, 2.05) is 36.6 Å². The Labute approximate surface area is 93.3 Å². The maximum atomic E-state index is 4.54. The molecular weight excluding hydrogens is 200 g/mol. The van der Waals surface area contributed by atoms with Crippen LogP contribution in [0.4, 0.5) is 5.95 Å². The molecule has 1 aliphatic rings. The minimum atomic E-state index is 0.604. The van der Waals surface area contributed by atoms with Crippen LogP contribution in [0.2, 0.25) is 0 Å². The highest BCUT2D eigenvalue weighted by atomic mass is 15.2. The van der Waals surface area contributed by atoms with Crippen molar-refractivity contribution in [2.75, 3.05) is 11.9 Å². The lowest BCUT2D eigenvalue weighted by atomic mass is 10.3. The molecule has 1 aromatic heterocycles. The molecule has 2 heterocycles. The van der Waals surface area contributed by atoms with Crippen molar-refractivity contribution < 1.29 is 0 Å². The first-order chi connectivity index (χ1) is 7.95. The second-order valence-corrected chi connectivity index (χ2v) is 3.63. The molecule has 80 valence electrons. The number of nitrogens with zero attached hydrogens (tertiary/aromatic N) is 3. The number of aliphatic imine (C=N–C) groups is 1. The Balaban J connectivity index is 2.16. The molecule has 0 fully saturated rings. The summed E-state index contributed by atoms with van der Waals surface area (Å²) in [5.41, 5.74) is 2.12. The molecule has 0 atom stereocenters. The van der Waals surface area contributed by atoms with Gasteiger partial charge in [-0.2, -0.15) is 0 Å². The summed E-state index contributed by atoms with van der Waals surface area (Å²) in [5.74, 6) is 0.880. The largest absolute Gasteiger partial charge is 0.352 e. The number of hydrogen-bond acceptors (Lipinski definition) is 3. The van der Waals surface area contributed by atoms with E-state index in [9.17, 15) is 0 Å². The summed E-state index contributed by atoms with van der Waals surface area (Å²) in [6.07, 6.45) is 5.80. The molecule has 1 N–H and O–H groups in total. The van der Waals surface area contributed by atoms with E-state index in [1.165, 1.54) is 0 Å². The molecule has 1 aromatic carbocycles. The van der Waals surface area contributed by atoms with Crippen LogP contribution in [0.25, 0.3) is 11.0 Å². The SMILES string of the molecule is C1=CCNc2nc3ccccc3n2CN=C1. The Kier molecular flexibility index (Phi) is 2.18. The molecular formula is C12H12N4. The van der Waals surface area contributed by atoms with Crippen molar-refractivity contribution in [3.05, 3.63) is 36.4 Å². The summed E-state index contributed by atoms with van der Waals surface area (Å²) < 4.78 is 2.08. The Morgan fingerprint density at radius 1 is 1.25 bits per heavy atom. The predicted octanol–water partition coefficient (Wildman–Crippen LogP) is 2.05. The fourth-order valence-corrected chi connectivity index (χ4v) is 1.82. The fourth-order valence-electron chi connectivity index (χ4n) is 1.82. The van der Waals surface area contributed by atoms with Gasteiger partial charge in [0.2, 0.25) is 5.95 Å². The van der Waals surface area contributed by atoms with E-state index in [-0.39, 0.29) is 0 Å². The second-order valence-electron chi connectivity index (χ2n) is 3.63. The van der Waals surface area contributed by atoms with E-state index in [1.54, 1.807) is 0 Å². The minimum Gasteiger partial charge on any atom is -0.352 e. The van der Waals surface area contributed by atoms with Gasteiger partial charge in [0.25, 0.3) is 0 Å². The van der Waals surface area contributed by atoms with Crippen LogP contribution in [-0.2, 0) is 6.67 Å². The number of benzene rings is 1. The van der Waals surface area contributed by atoms with Crippen molar-refractivity contribution in [3.8, 4) is 0 Å². The van der Waals surface area contributed by atoms with Gasteiger partial charge in [-0.05, 0) is 18.2 Å². The average molecular weight is 212 g/mol. The lowest BCUT2D eigenvalue weighted by Gasteiger charge is -2.05. The quantitative estimate of drug-likeness (QED) is 0.726. The maximum absolute atomic E-state index is 4.54. The van der Waals surface area contributed by atoms with Gasteiger partial charge in [0.05, 0.1) is 11.0 Å². The number of nitrogens with one attached hydrogen (secondary N) is 1. The van der Waals surface area contributed by atoms with Gasteiger partial charge in [-0.1, -0.05) is 18.2 Å². The third-order valence-corrected chi connectivity index (χ3v) is 2.58. The van der Waals surface area contributed by atoms with Crippen molar-refractivity contribution in [2.24, 2.45) is 4.99 Å². The van der Waals surface area contributed by atoms with Crippen molar-refractivity contribution >= 4 is 23.2 Å². The molecule has 0 unspecified atom stereocenters. The zero-order valence-corrected chi connectivity index (χ0v) is 8.80. The van der Waals surface area contributed by atoms with Gasteiger partial charge < -0.3 is 5.32 Å². The predicted molar refractivity (Wildman–Crippen MR) is 65.9 cm³/mol. The molecule has 2 aromatic rings. The molecule has 4 heteroatoms. The second kappa shape index (κ2) is 3.81. The van der Waals surface area contributed by atoms with Crippen LogP contribution in [0.1, 0.15) is 0 Å². The molecule has 0 saturated carbocycles. The summed E-state index contributed by atoms with van der Waals surface area (Å²) in [5, 5.41) is 3.28. The van der Waals surface area contributed by atoms with Crippen LogP contribution in [0.15, 0.2) is 41.4 Å². The lowest BCUT2D eigenvalue weighted by Crippen LogP contribution is -2.06. The highest BCUT2D eigenvalue weighted by Crippen LogP contribution is 2.19. The number of imidazole rings is 1. The zero-order chi connectivity index (χ0) is 10.8. The molecule has 0 aliphatic carbocycles. The van der Waals surface area contributed by atoms with Gasteiger partial charge >= 0.3 is 0 Å². The zero-order valence-electron chi connectivity index (χ0n) is 8.80. The Hall–Kier alpha value is -2.10. The van der Waals surface area contributed by atoms with E-state index in [0.717, 1.165) is 23.5 Å². The molecule has 0 spiro atoms. The van der Waals surface area contributed by atoms with Crippen LogP contribution in [0.3, 0.4) is 0 Å². The van der Waals surface area contributed by atoms with Gasteiger partial charge in [0.15, 0.2) is 0 Å². The van der Waals surface area contributed by atoms with Crippen molar-refractivity contribution in [2.45, 2.75) is 6.67 Å². The highest BCUT2D eigenvalue weighted by Gasteiger charge is 2.08. The van der Waals surface area contributed by atoms with Crippen molar-refractivity contribution in [1.29, 1.82) is 0 Å². The molecule has 1 aliphatic heterocycles. The van der Waals surface area contributed by atoms with Gasteiger partial charge in [-0.15, -0.1) is 0 Å². The van der Waals surface area contributed by atoms with Gasteiger partial charge in [0, 0.05) is 12.8 Å². The number of para-hydroxylation sites is 2. The molecule has 0 saturated heterocycles. The molecule has 0 amide bonds. The Morgan fingerprint density at radius 3 is 3.19 bits per heavy atom. The Morgan fingerprint density at radius 2 is 2.19 bits per heavy atom. The van der Waals surface area contributed by atoms with E-state index >= 15 is 0 Å². The van der Waals surface area contributed by atoms with Crippen molar-refractivity contribution in [3.63, 3.8) is 0 Å². The number of allylic oxidation sites excluding steroid dienone is 1. The van der Waals surface area contributed by atoms with Crippen LogP contribution < -0.4 is 5.32 Å². The number of aromatic nitrogens is 2. The van der Waals surface area contributed by atoms with Crippen LogP contribution in [0, 0.1) is 0 Å². The highest BCUT2D eigenvalue weighted by molar-refractivity contribution is 5.79. The topological polar surface area (TPSA) is 42.2 Å².